The minimum absolute atomic E-state index is 0.201. The summed E-state index contributed by atoms with van der Waals surface area (Å²) in [5.74, 6) is 0.593. The Labute approximate surface area is 164 Å². The van der Waals surface area contributed by atoms with Gasteiger partial charge >= 0.3 is 0 Å². The highest BCUT2D eigenvalue weighted by molar-refractivity contribution is 8.13. The lowest BCUT2D eigenvalue weighted by Gasteiger charge is -2.34. The molecular formula is C18H14Cl2N4OS. The van der Waals surface area contributed by atoms with E-state index in [4.69, 9.17) is 28.2 Å². The second kappa shape index (κ2) is 6.95. The van der Waals surface area contributed by atoms with E-state index in [1.807, 2.05) is 37.3 Å². The summed E-state index contributed by atoms with van der Waals surface area (Å²) in [6, 6.07) is 12.8. The van der Waals surface area contributed by atoms with Gasteiger partial charge < -0.3 is 0 Å². The average molecular weight is 405 g/mol. The van der Waals surface area contributed by atoms with Crippen molar-refractivity contribution < 1.29 is 4.79 Å². The highest BCUT2D eigenvalue weighted by Gasteiger charge is 2.35. The van der Waals surface area contributed by atoms with Crippen LogP contribution in [0.3, 0.4) is 0 Å². The third-order valence-corrected chi connectivity index (χ3v) is 5.35. The number of para-hydroxylation sites is 1. The number of benzene rings is 2. The molecule has 1 unspecified atom stereocenters. The first-order valence-corrected chi connectivity index (χ1v) is 9.76. The Morgan fingerprint density at radius 2 is 2.04 bits per heavy atom. The van der Waals surface area contributed by atoms with Crippen LogP contribution in [0, 0.1) is 0 Å². The van der Waals surface area contributed by atoms with Crippen molar-refractivity contribution in [2.45, 2.75) is 13.1 Å². The zero-order valence-corrected chi connectivity index (χ0v) is 16.1. The van der Waals surface area contributed by atoms with E-state index < -0.39 is 6.17 Å². The smallest absolute Gasteiger partial charge is 0.276 e. The average Bonchev–Trinajstić information content (AvgIpc) is 2.61. The molecule has 0 aromatic heterocycles. The molecule has 2 aromatic rings. The number of hydrogen-bond donors (Lipinski definition) is 1. The number of carbonyl (C=O) groups excluding carboxylic acids is 1. The molecule has 4 rings (SSSR count). The molecule has 1 atom stereocenters. The number of fused-ring (bicyclic) bond motifs is 2. The topological polar surface area (TPSA) is 57.1 Å². The maximum absolute atomic E-state index is 12.8. The van der Waals surface area contributed by atoms with Crippen molar-refractivity contribution >= 4 is 51.7 Å². The fourth-order valence-corrected chi connectivity index (χ4v) is 4.03. The van der Waals surface area contributed by atoms with Crippen LogP contribution in [0.4, 0.5) is 0 Å². The summed E-state index contributed by atoms with van der Waals surface area (Å²) in [6.07, 6.45) is -0.539. The van der Waals surface area contributed by atoms with E-state index >= 15 is 0 Å². The van der Waals surface area contributed by atoms with Crippen molar-refractivity contribution in [2.24, 2.45) is 10.1 Å². The summed E-state index contributed by atoms with van der Waals surface area (Å²) < 4.78 is 0. The van der Waals surface area contributed by atoms with Crippen LogP contribution >= 0.6 is 35.0 Å². The lowest BCUT2D eigenvalue weighted by atomic mass is 10.1. The molecule has 5 nitrogen and oxygen atoms in total. The number of rotatable bonds is 2. The summed E-state index contributed by atoms with van der Waals surface area (Å²) in [6.45, 7) is 2.00. The van der Waals surface area contributed by atoms with Crippen LogP contribution < -0.4 is 15.9 Å². The van der Waals surface area contributed by atoms with Crippen LogP contribution in [0.5, 0.6) is 0 Å². The molecular weight excluding hydrogens is 391 g/mol. The number of carbonyl (C=O) groups is 1. The highest BCUT2D eigenvalue weighted by atomic mass is 35.5. The molecule has 1 amide bonds. The number of hydrazone groups is 1. The molecule has 2 aliphatic rings. The van der Waals surface area contributed by atoms with Crippen molar-refractivity contribution in [3.63, 3.8) is 0 Å². The summed E-state index contributed by atoms with van der Waals surface area (Å²) >= 11 is 13.9. The van der Waals surface area contributed by atoms with Gasteiger partial charge in [-0.15, -0.1) is 5.10 Å². The van der Waals surface area contributed by atoms with Gasteiger partial charge in [-0.05, 0) is 24.0 Å². The van der Waals surface area contributed by atoms with Gasteiger partial charge in [0.15, 0.2) is 11.3 Å². The Bertz CT molecular complexity index is 1050. The number of hydrogen-bond acceptors (Lipinski definition) is 5. The van der Waals surface area contributed by atoms with Gasteiger partial charge in [-0.25, -0.2) is 5.01 Å². The predicted molar refractivity (Wildman–Crippen MR) is 105 cm³/mol. The largest absolute Gasteiger partial charge is 0.298 e. The van der Waals surface area contributed by atoms with Gasteiger partial charge in [-0.2, -0.15) is 0 Å². The van der Waals surface area contributed by atoms with Gasteiger partial charge in [0.05, 0.1) is 5.36 Å². The van der Waals surface area contributed by atoms with E-state index in [9.17, 15) is 4.79 Å². The van der Waals surface area contributed by atoms with Crippen molar-refractivity contribution in [3.8, 4) is 0 Å². The number of amides is 1. The van der Waals surface area contributed by atoms with Crippen molar-refractivity contribution in [3.05, 3.63) is 68.6 Å². The second-order valence-corrected chi connectivity index (χ2v) is 7.77. The first kappa shape index (κ1) is 17.4. The Kier molecular flexibility index (Phi) is 4.65. The zero-order chi connectivity index (χ0) is 18.3. The van der Waals surface area contributed by atoms with Crippen LogP contribution in [-0.2, 0) is 4.79 Å². The van der Waals surface area contributed by atoms with Gasteiger partial charge in [0.1, 0.15) is 5.70 Å². The van der Waals surface area contributed by atoms with Crippen LogP contribution in [0.1, 0.15) is 18.7 Å². The molecule has 2 aliphatic heterocycles. The van der Waals surface area contributed by atoms with Gasteiger partial charge in [0.25, 0.3) is 5.91 Å². The molecule has 0 radical (unpaired) electrons. The number of nitrogens with zero attached hydrogens (tertiary/aromatic N) is 3. The third-order valence-electron chi connectivity index (χ3n) is 4.04. The maximum atomic E-state index is 12.8. The molecule has 26 heavy (non-hydrogen) atoms. The monoisotopic (exact) mass is 404 g/mol. The first-order valence-electron chi connectivity index (χ1n) is 8.02. The zero-order valence-electron chi connectivity index (χ0n) is 13.7. The van der Waals surface area contributed by atoms with E-state index in [-0.39, 0.29) is 5.91 Å². The van der Waals surface area contributed by atoms with Gasteiger partial charge in [-0.3, -0.25) is 15.1 Å². The molecule has 0 spiro atoms. The number of amidine groups is 1. The van der Waals surface area contributed by atoms with Gasteiger partial charge in [-0.1, -0.05) is 66.2 Å². The second-order valence-electron chi connectivity index (χ2n) is 5.67. The molecule has 132 valence electrons. The van der Waals surface area contributed by atoms with E-state index in [1.54, 1.807) is 17.1 Å². The Morgan fingerprint density at radius 3 is 2.81 bits per heavy atom. The van der Waals surface area contributed by atoms with E-state index in [2.05, 4.69) is 10.4 Å². The molecule has 1 N–H and O–H groups in total. The summed E-state index contributed by atoms with van der Waals surface area (Å²) in [5.41, 5.74) is 1.20. The minimum Gasteiger partial charge on any atom is -0.298 e. The van der Waals surface area contributed by atoms with Crippen molar-refractivity contribution in [1.29, 1.82) is 0 Å². The van der Waals surface area contributed by atoms with Crippen molar-refractivity contribution in [1.82, 2.24) is 10.3 Å². The summed E-state index contributed by atoms with van der Waals surface area (Å²) in [7, 11) is 0. The molecule has 2 heterocycles. The lowest BCUT2D eigenvalue weighted by molar-refractivity contribution is -0.116. The van der Waals surface area contributed by atoms with Crippen LogP contribution in [0.25, 0.3) is 5.70 Å². The predicted octanol–water partition coefficient (Wildman–Crippen LogP) is 2.89. The van der Waals surface area contributed by atoms with Gasteiger partial charge in [0.2, 0.25) is 0 Å². The SMILES string of the molecule is CCSC1=NN2C(=c3ccccc3=NC2c2ccc(Cl)cc2Cl)C(=O)N1. The van der Waals surface area contributed by atoms with Crippen LogP contribution in [-0.4, -0.2) is 21.8 Å². The van der Waals surface area contributed by atoms with E-state index in [0.717, 1.165) is 21.9 Å². The van der Waals surface area contributed by atoms with E-state index in [0.29, 0.717) is 20.9 Å². The minimum atomic E-state index is -0.539. The molecule has 0 aliphatic carbocycles. The third kappa shape index (κ3) is 2.98. The van der Waals surface area contributed by atoms with E-state index in [1.165, 1.54) is 11.8 Å². The Balaban J connectivity index is 1.97. The standard InChI is InChI=1S/C18H14Cl2N4OS/c1-2-26-18-22-17(25)15-12-5-3-4-6-14(12)21-16(24(15)23-18)11-8-7-10(19)9-13(11)20/h3-9,16H,2H2,1H3,(H,22,23,25). The molecule has 0 fully saturated rings. The lowest BCUT2D eigenvalue weighted by Crippen LogP contribution is -2.50. The molecule has 0 saturated heterocycles. The number of thioether (sulfide) groups is 1. The first-order chi connectivity index (χ1) is 12.6. The Hall–Kier alpha value is -2.02. The fraction of sp³-hybridized carbons (Fsp3) is 0.167. The number of nitrogens with one attached hydrogen (secondary N) is 1. The number of halogens is 2. The highest BCUT2D eigenvalue weighted by Crippen LogP contribution is 2.35. The Morgan fingerprint density at radius 1 is 1.23 bits per heavy atom. The quantitative estimate of drug-likeness (QED) is 0.836. The normalized spacial score (nSPS) is 18.5. The van der Waals surface area contributed by atoms with Gasteiger partial charge in [0, 0.05) is 20.8 Å². The van der Waals surface area contributed by atoms with Crippen LogP contribution in [0.2, 0.25) is 10.0 Å². The molecule has 0 bridgehead atoms. The summed E-state index contributed by atoms with van der Waals surface area (Å²) in [5, 5.41) is 12.2. The molecule has 2 aromatic carbocycles. The van der Waals surface area contributed by atoms with Crippen molar-refractivity contribution in [2.75, 3.05) is 5.75 Å². The molecule has 8 heteroatoms. The van der Waals surface area contributed by atoms with Crippen LogP contribution in [0.15, 0.2) is 52.6 Å². The fourth-order valence-electron chi connectivity index (χ4n) is 2.94. The molecule has 0 saturated carbocycles. The summed E-state index contributed by atoms with van der Waals surface area (Å²) in [4.78, 5) is 17.6. The maximum Gasteiger partial charge on any atom is 0.276 e.